The number of aliphatic hydroxyl groups excluding tert-OH is 1. The fraction of sp³-hybridized carbons (Fsp3) is 0.366. The highest BCUT2D eigenvalue weighted by molar-refractivity contribution is 5.99. The van der Waals surface area contributed by atoms with Crippen LogP contribution in [0.4, 0.5) is 16.2 Å². The number of carbonyl (C=O) groups excluding carboxylic acids is 2. The largest absolute Gasteiger partial charge is 0.459 e. The van der Waals surface area contributed by atoms with Gasteiger partial charge < -0.3 is 34.7 Å². The van der Waals surface area contributed by atoms with Crippen LogP contribution in [0.2, 0.25) is 0 Å². The molecular formula is C41H47N3O7. The molecule has 2 fully saturated rings. The van der Waals surface area contributed by atoms with Crippen molar-refractivity contribution >= 4 is 23.4 Å². The van der Waals surface area contributed by atoms with Crippen molar-refractivity contribution in [2.75, 3.05) is 23.7 Å². The number of aliphatic hydroxyl groups is 1. The van der Waals surface area contributed by atoms with Gasteiger partial charge >= 0.3 is 12.0 Å². The van der Waals surface area contributed by atoms with E-state index in [1.165, 1.54) is 0 Å². The SMILES string of the molecule is CC1C(CN2CCCC2C(=O)OC(C)(C)C)OC(c2ccc(NC(=O)Nc3ccc(Oc4ccccc4)cc3)cc2)OC1c1ccc(CO)cc1. The molecule has 0 aliphatic carbocycles. The maximum atomic E-state index is 13.1. The summed E-state index contributed by atoms with van der Waals surface area (Å²) in [5.41, 5.74) is 3.28. The lowest BCUT2D eigenvalue weighted by molar-refractivity contribution is -0.276. The average molecular weight is 694 g/mol. The second kappa shape index (κ2) is 16.1. The maximum Gasteiger partial charge on any atom is 0.323 e. The predicted octanol–water partition coefficient (Wildman–Crippen LogP) is 8.21. The second-order valence-corrected chi connectivity index (χ2v) is 14.1. The van der Waals surface area contributed by atoms with Crippen LogP contribution in [0.3, 0.4) is 0 Å². The van der Waals surface area contributed by atoms with E-state index in [0.717, 1.165) is 41.8 Å². The molecule has 0 aromatic heterocycles. The molecule has 2 amide bonds. The van der Waals surface area contributed by atoms with E-state index in [4.69, 9.17) is 18.9 Å². The Bertz CT molecular complexity index is 1740. The molecule has 0 bridgehead atoms. The molecule has 4 aromatic rings. The number of rotatable bonds is 10. The predicted molar refractivity (Wildman–Crippen MR) is 195 cm³/mol. The van der Waals surface area contributed by atoms with Crippen molar-refractivity contribution in [2.24, 2.45) is 5.92 Å². The van der Waals surface area contributed by atoms with Gasteiger partial charge in [-0.05, 0) is 99.8 Å². The number of esters is 1. The zero-order chi connectivity index (χ0) is 36.0. The molecule has 4 aromatic carbocycles. The van der Waals surface area contributed by atoms with Crippen molar-refractivity contribution in [1.82, 2.24) is 4.90 Å². The lowest BCUT2D eigenvalue weighted by Crippen LogP contribution is -2.48. The Kier molecular flexibility index (Phi) is 11.4. The molecule has 5 atom stereocenters. The number of nitrogens with zero attached hydrogens (tertiary/aromatic N) is 1. The second-order valence-electron chi connectivity index (χ2n) is 14.1. The van der Waals surface area contributed by atoms with E-state index in [9.17, 15) is 14.7 Å². The van der Waals surface area contributed by atoms with Crippen molar-refractivity contribution in [2.45, 2.75) is 77.3 Å². The van der Waals surface area contributed by atoms with Gasteiger partial charge in [0, 0.05) is 29.4 Å². The van der Waals surface area contributed by atoms with E-state index < -0.39 is 11.9 Å². The molecule has 0 spiro atoms. The highest BCUT2D eigenvalue weighted by Gasteiger charge is 2.42. The normalized spacial score (nSPS) is 22.3. The van der Waals surface area contributed by atoms with Crippen LogP contribution in [0, 0.1) is 5.92 Å². The van der Waals surface area contributed by atoms with Crippen LogP contribution in [-0.2, 0) is 25.6 Å². The number of anilines is 2. The van der Waals surface area contributed by atoms with Gasteiger partial charge in [0.05, 0.1) is 18.8 Å². The first kappa shape index (κ1) is 36.1. The molecule has 2 saturated heterocycles. The Labute approximate surface area is 299 Å². The topological polar surface area (TPSA) is 119 Å². The summed E-state index contributed by atoms with van der Waals surface area (Å²) in [7, 11) is 0. The van der Waals surface area contributed by atoms with E-state index in [1.54, 1.807) is 24.3 Å². The van der Waals surface area contributed by atoms with E-state index in [1.807, 2.05) is 99.6 Å². The molecule has 5 unspecified atom stereocenters. The number of hydrogen-bond donors (Lipinski definition) is 3. The molecule has 0 saturated carbocycles. The number of benzene rings is 4. The van der Waals surface area contributed by atoms with Crippen molar-refractivity contribution < 1.29 is 33.6 Å². The maximum absolute atomic E-state index is 13.1. The number of urea groups is 1. The van der Waals surface area contributed by atoms with Crippen LogP contribution in [0.1, 0.15) is 69.6 Å². The molecule has 2 aliphatic heterocycles. The average Bonchev–Trinajstić information content (AvgIpc) is 3.59. The zero-order valence-corrected chi connectivity index (χ0v) is 29.6. The fourth-order valence-corrected chi connectivity index (χ4v) is 6.49. The zero-order valence-electron chi connectivity index (χ0n) is 29.6. The van der Waals surface area contributed by atoms with Crippen LogP contribution in [0.15, 0.2) is 103 Å². The van der Waals surface area contributed by atoms with Gasteiger partial charge in [-0.1, -0.05) is 61.5 Å². The molecule has 6 rings (SSSR count). The molecule has 2 aliphatic rings. The third kappa shape index (κ3) is 9.53. The first-order chi connectivity index (χ1) is 24.5. The minimum absolute atomic E-state index is 0.0366. The summed E-state index contributed by atoms with van der Waals surface area (Å²) in [6.45, 7) is 9.07. The van der Waals surface area contributed by atoms with E-state index in [-0.39, 0.29) is 42.8 Å². The minimum Gasteiger partial charge on any atom is -0.459 e. The van der Waals surface area contributed by atoms with Crippen LogP contribution in [0.5, 0.6) is 11.5 Å². The Morgan fingerprint density at radius 1 is 0.824 bits per heavy atom. The number of carbonyl (C=O) groups is 2. The van der Waals surface area contributed by atoms with Crippen LogP contribution in [-0.4, -0.2) is 52.8 Å². The summed E-state index contributed by atoms with van der Waals surface area (Å²) >= 11 is 0. The van der Waals surface area contributed by atoms with Gasteiger partial charge in [-0.25, -0.2) is 4.79 Å². The van der Waals surface area contributed by atoms with Crippen molar-refractivity contribution in [3.8, 4) is 11.5 Å². The molecule has 3 N–H and O–H groups in total. The van der Waals surface area contributed by atoms with Gasteiger partial charge in [0.25, 0.3) is 0 Å². The monoisotopic (exact) mass is 693 g/mol. The standard InChI is InChI=1S/C41H47N3O7/c1-27-36(25-44-24-8-11-35(44)38(46)51-41(2,3)4)49-39(50-37(27)29-14-12-28(26-45)13-15-29)30-16-18-31(19-17-30)42-40(47)43-32-20-22-34(23-21-32)48-33-9-6-5-7-10-33/h5-7,9-10,12-23,27,35-37,39,45H,8,11,24-26H2,1-4H3,(H2,42,43,47). The van der Waals surface area contributed by atoms with Crippen LogP contribution >= 0.6 is 0 Å². The molecule has 2 heterocycles. The van der Waals surface area contributed by atoms with E-state index in [2.05, 4.69) is 22.5 Å². The third-order valence-electron chi connectivity index (χ3n) is 9.11. The molecule has 0 radical (unpaired) electrons. The van der Waals surface area contributed by atoms with Gasteiger partial charge in [0.1, 0.15) is 23.1 Å². The van der Waals surface area contributed by atoms with Gasteiger partial charge in [-0.3, -0.25) is 9.69 Å². The van der Waals surface area contributed by atoms with Crippen molar-refractivity contribution in [3.05, 3.63) is 120 Å². The molecular weight excluding hydrogens is 646 g/mol. The van der Waals surface area contributed by atoms with Gasteiger partial charge in [-0.2, -0.15) is 0 Å². The molecule has 268 valence electrons. The Morgan fingerprint density at radius 2 is 1.43 bits per heavy atom. The fourth-order valence-electron chi connectivity index (χ4n) is 6.49. The Balaban J connectivity index is 1.12. The number of para-hydroxylation sites is 1. The van der Waals surface area contributed by atoms with Crippen molar-refractivity contribution in [1.29, 1.82) is 0 Å². The van der Waals surface area contributed by atoms with Gasteiger partial charge in [-0.15, -0.1) is 0 Å². The summed E-state index contributed by atoms with van der Waals surface area (Å²) < 4.78 is 24.9. The first-order valence-corrected chi connectivity index (χ1v) is 17.5. The number of likely N-dealkylation sites (tertiary alicyclic amines) is 1. The Hall–Kier alpha value is -4.74. The van der Waals surface area contributed by atoms with E-state index in [0.29, 0.717) is 23.7 Å². The molecule has 51 heavy (non-hydrogen) atoms. The van der Waals surface area contributed by atoms with Crippen LogP contribution in [0.25, 0.3) is 0 Å². The number of amides is 2. The summed E-state index contributed by atoms with van der Waals surface area (Å²) in [5.74, 6) is 1.16. The third-order valence-corrected chi connectivity index (χ3v) is 9.11. The van der Waals surface area contributed by atoms with Gasteiger partial charge in [0.15, 0.2) is 6.29 Å². The molecule has 10 nitrogen and oxygen atoms in total. The lowest BCUT2D eigenvalue weighted by Gasteiger charge is -2.43. The number of hydrogen-bond acceptors (Lipinski definition) is 8. The first-order valence-electron chi connectivity index (χ1n) is 17.5. The lowest BCUT2D eigenvalue weighted by atomic mass is 9.90. The summed E-state index contributed by atoms with van der Waals surface area (Å²) in [6, 6.07) is 31.1. The smallest absolute Gasteiger partial charge is 0.323 e. The number of ether oxygens (including phenoxy) is 4. The van der Waals surface area contributed by atoms with Crippen LogP contribution < -0.4 is 15.4 Å². The highest BCUT2D eigenvalue weighted by Crippen LogP contribution is 2.42. The summed E-state index contributed by atoms with van der Waals surface area (Å²) in [4.78, 5) is 28.1. The van der Waals surface area contributed by atoms with Gasteiger partial charge in [0.2, 0.25) is 0 Å². The summed E-state index contributed by atoms with van der Waals surface area (Å²) in [6.07, 6.45) is 0.431. The molecule has 10 heteroatoms. The minimum atomic E-state index is -0.684. The highest BCUT2D eigenvalue weighted by atomic mass is 16.7. The Morgan fingerprint density at radius 3 is 2.06 bits per heavy atom. The van der Waals surface area contributed by atoms with E-state index >= 15 is 0 Å². The van der Waals surface area contributed by atoms with Crippen molar-refractivity contribution in [3.63, 3.8) is 0 Å². The number of nitrogens with one attached hydrogen (secondary N) is 2. The quantitative estimate of drug-likeness (QED) is 0.142. The summed E-state index contributed by atoms with van der Waals surface area (Å²) in [5, 5.41) is 15.3.